The molecule has 0 aliphatic rings. The minimum Gasteiger partial charge on any atom is -0.483 e. The molecule has 0 unspecified atom stereocenters. The van der Waals surface area contributed by atoms with Gasteiger partial charge in [0, 0.05) is 13.0 Å². The van der Waals surface area contributed by atoms with Gasteiger partial charge in [0.05, 0.1) is 15.5 Å². The fourth-order valence-corrected chi connectivity index (χ4v) is 3.74. The third-order valence-corrected chi connectivity index (χ3v) is 5.37. The molecular weight excluding hydrogens is 418 g/mol. The van der Waals surface area contributed by atoms with Crippen LogP contribution in [0.15, 0.2) is 59.1 Å². The number of fused-ring (bicyclic) bond motifs is 2. The van der Waals surface area contributed by atoms with Crippen molar-refractivity contribution < 1.29 is 9.53 Å². The third-order valence-electron chi connectivity index (χ3n) is 4.56. The molecule has 3 aromatic carbocycles. The molecule has 1 heterocycles. The first-order chi connectivity index (χ1) is 13.6. The van der Waals surface area contributed by atoms with E-state index >= 15 is 0 Å². The lowest BCUT2D eigenvalue weighted by molar-refractivity contribution is -0.123. The maximum atomic E-state index is 12.1. The average molecular weight is 438 g/mol. The molecule has 0 aliphatic heterocycles. The summed E-state index contributed by atoms with van der Waals surface area (Å²) in [6, 6.07) is 18.0. The lowest BCUT2D eigenvalue weighted by atomic mass is 10.1. The van der Waals surface area contributed by atoms with Gasteiger partial charge in [-0.05, 0) is 57.4 Å². The highest BCUT2D eigenvalue weighted by atomic mass is 79.9. The molecule has 0 radical (unpaired) electrons. The van der Waals surface area contributed by atoms with Gasteiger partial charge in [-0.2, -0.15) is 0 Å². The van der Waals surface area contributed by atoms with E-state index in [1.54, 1.807) is 0 Å². The van der Waals surface area contributed by atoms with Gasteiger partial charge in [0.15, 0.2) is 6.61 Å². The van der Waals surface area contributed by atoms with Crippen molar-refractivity contribution in [3.8, 4) is 5.75 Å². The molecule has 4 rings (SSSR count). The van der Waals surface area contributed by atoms with E-state index in [1.807, 2.05) is 55.5 Å². The minimum atomic E-state index is -0.160. The van der Waals surface area contributed by atoms with Crippen molar-refractivity contribution in [2.24, 2.45) is 0 Å². The summed E-state index contributed by atoms with van der Waals surface area (Å²) in [4.78, 5) is 19.9. The van der Waals surface area contributed by atoms with E-state index in [-0.39, 0.29) is 12.5 Å². The highest BCUT2D eigenvalue weighted by molar-refractivity contribution is 9.10. The summed E-state index contributed by atoms with van der Waals surface area (Å²) in [6.07, 6.45) is 0.638. The Morgan fingerprint density at radius 3 is 2.93 bits per heavy atom. The molecule has 0 atom stereocenters. The second kappa shape index (κ2) is 8.02. The van der Waals surface area contributed by atoms with Crippen LogP contribution in [0.3, 0.4) is 0 Å². The van der Waals surface area contributed by atoms with E-state index in [0.717, 1.165) is 32.1 Å². The summed E-state index contributed by atoms with van der Waals surface area (Å²) in [5, 5.41) is 5.05. The second-order valence-corrected chi connectivity index (χ2v) is 7.48. The summed E-state index contributed by atoms with van der Waals surface area (Å²) in [5.41, 5.74) is 3.15. The number of carbonyl (C=O) groups excluding carboxylic acids is 1. The smallest absolute Gasteiger partial charge is 0.257 e. The molecule has 0 fully saturated rings. The molecule has 28 heavy (non-hydrogen) atoms. The topological polar surface area (TPSA) is 67.0 Å². The van der Waals surface area contributed by atoms with Crippen LogP contribution >= 0.6 is 15.9 Å². The zero-order valence-corrected chi connectivity index (χ0v) is 17.0. The molecule has 0 saturated carbocycles. The van der Waals surface area contributed by atoms with Gasteiger partial charge in [-0.15, -0.1) is 0 Å². The number of hydrogen-bond donors (Lipinski definition) is 2. The van der Waals surface area contributed by atoms with Gasteiger partial charge in [0.1, 0.15) is 11.6 Å². The minimum absolute atomic E-state index is 0.0315. The van der Waals surface area contributed by atoms with Gasteiger partial charge < -0.3 is 15.0 Å². The normalized spacial score (nSPS) is 11.1. The van der Waals surface area contributed by atoms with Crippen LogP contribution in [0.5, 0.6) is 5.75 Å². The Labute approximate surface area is 171 Å². The first-order valence-corrected chi connectivity index (χ1v) is 9.91. The van der Waals surface area contributed by atoms with Crippen LogP contribution < -0.4 is 10.1 Å². The van der Waals surface area contributed by atoms with E-state index in [9.17, 15) is 4.79 Å². The van der Waals surface area contributed by atoms with Crippen LogP contribution in [0.25, 0.3) is 21.8 Å². The number of rotatable bonds is 6. The third kappa shape index (κ3) is 4.02. The summed E-state index contributed by atoms with van der Waals surface area (Å²) in [6.45, 7) is 2.52. The van der Waals surface area contributed by atoms with Gasteiger partial charge in [-0.3, -0.25) is 4.79 Å². The van der Waals surface area contributed by atoms with Gasteiger partial charge >= 0.3 is 0 Å². The van der Waals surface area contributed by atoms with Crippen molar-refractivity contribution in [1.82, 2.24) is 15.3 Å². The largest absolute Gasteiger partial charge is 0.483 e. The van der Waals surface area contributed by atoms with Crippen LogP contribution in [-0.4, -0.2) is 29.0 Å². The fourth-order valence-electron chi connectivity index (χ4n) is 3.13. The molecule has 0 bridgehead atoms. The van der Waals surface area contributed by atoms with Crippen molar-refractivity contribution in [2.45, 2.75) is 13.3 Å². The van der Waals surface area contributed by atoms with Crippen molar-refractivity contribution in [1.29, 1.82) is 0 Å². The van der Waals surface area contributed by atoms with Crippen LogP contribution in [0.4, 0.5) is 0 Å². The Hall–Kier alpha value is -2.86. The van der Waals surface area contributed by atoms with Crippen molar-refractivity contribution in [3.05, 3.63) is 70.5 Å². The maximum absolute atomic E-state index is 12.1. The van der Waals surface area contributed by atoms with Gasteiger partial charge in [0.25, 0.3) is 5.91 Å². The number of hydrogen-bond acceptors (Lipinski definition) is 3. The van der Waals surface area contributed by atoms with Crippen LogP contribution in [-0.2, 0) is 11.2 Å². The zero-order chi connectivity index (χ0) is 19.5. The second-order valence-electron chi connectivity index (χ2n) is 6.69. The number of benzene rings is 3. The molecule has 0 spiro atoms. The number of nitrogens with one attached hydrogen (secondary N) is 2. The standard InChI is InChI=1S/C22H20BrN3O2/c1-14-6-8-17-18(12-14)26-20(25-17)10-11-24-21(27)13-28-19-9-7-15-4-2-3-5-16(15)22(19)23/h2-9,12H,10-11,13H2,1H3,(H,24,27)(H,25,26). The summed E-state index contributed by atoms with van der Waals surface area (Å²) < 4.78 is 6.55. The molecule has 0 saturated heterocycles. The number of nitrogens with zero attached hydrogens (tertiary/aromatic N) is 1. The number of amides is 1. The Kier molecular flexibility index (Phi) is 5.30. The van der Waals surface area contributed by atoms with E-state index in [2.05, 4.69) is 37.3 Å². The van der Waals surface area contributed by atoms with E-state index < -0.39 is 0 Å². The average Bonchev–Trinajstić information content (AvgIpc) is 3.09. The molecule has 1 amide bonds. The highest BCUT2D eigenvalue weighted by Crippen LogP contribution is 2.32. The monoisotopic (exact) mass is 437 g/mol. The first-order valence-electron chi connectivity index (χ1n) is 9.12. The quantitative estimate of drug-likeness (QED) is 0.465. The fraction of sp³-hybridized carbons (Fsp3) is 0.182. The zero-order valence-electron chi connectivity index (χ0n) is 15.5. The van der Waals surface area contributed by atoms with Crippen LogP contribution in [0, 0.1) is 6.92 Å². The number of imidazole rings is 1. The van der Waals surface area contributed by atoms with Gasteiger partial charge in [-0.1, -0.05) is 36.4 Å². The molecule has 1 aromatic heterocycles. The van der Waals surface area contributed by atoms with Gasteiger partial charge in [0.2, 0.25) is 0 Å². The Bertz CT molecular complexity index is 1150. The summed E-state index contributed by atoms with van der Waals surface area (Å²) in [7, 11) is 0. The van der Waals surface area contributed by atoms with Crippen molar-refractivity contribution in [2.75, 3.05) is 13.2 Å². The molecule has 5 nitrogen and oxygen atoms in total. The number of aromatic nitrogens is 2. The predicted molar refractivity (Wildman–Crippen MR) is 115 cm³/mol. The SMILES string of the molecule is Cc1ccc2nc(CCNC(=O)COc3ccc4ccccc4c3Br)[nH]c2c1. The van der Waals surface area contributed by atoms with Crippen molar-refractivity contribution in [3.63, 3.8) is 0 Å². The Morgan fingerprint density at radius 1 is 1.18 bits per heavy atom. The molecule has 142 valence electrons. The first kappa shape index (κ1) is 18.5. The molecule has 6 heteroatoms. The Balaban J connectivity index is 1.30. The van der Waals surface area contributed by atoms with E-state index in [4.69, 9.17) is 4.74 Å². The predicted octanol–water partition coefficient (Wildman–Crippen LogP) is 4.52. The lowest BCUT2D eigenvalue weighted by Gasteiger charge is -2.10. The number of aryl methyl sites for hydroxylation is 1. The highest BCUT2D eigenvalue weighted by Gasteiger charge is 2.09. The summed E-state index contributed by atoms with van der Waals surface area (Å²) in [5.74, 6) is 1.35. The van der Waals surface area contributed by atoms with Crippen LogP contribution in [0.1, 0.15) is 11.4 Å². The number of halogens is 1. The van der Waals surface area contributed by atoms with E-state index in [0.29, 0.717) is 18.7 Å². The van der Waals surface area contributed by atoms with Gasteiger partial charge in [-0.25, -0.2) is 4.98 Å². The molecular formula is C22H20BrN3O2. The molecule has 2 N–H and O–H groups in total. The number of ether oxygens (including phenoxy) is 1. The number of H-pyrrole nitrogens is 1. The van der Waals surface area contributed by atoms with E-state index in [1.165, 1.54) is 5.56 Å². The maximum Gasteiger partial charge on any atom is 0.257 e. The number of aromatic amines is 1. The molecule has 4 aromatic rings. The van der Waals surface area contributed by atoms with Crippen LogP contribution in [0.2, 0.25) is 0 Å². The molecule has 0 aliphatic carbocycles. The van der Waals surface area contributed by atoms with Crippen molar-refractivity contribution >= 4 is 43.6 Å². The Morgan fingerprint density at radius 2 is 2.04 bits per heavy atom. The number of carbonyl (C=O) groups is 1. The lowest BCUT2D eigenvalue weighted by Crippen LogP contribution is -2.30. The summed E-state index contributed by atoms with van der Waals surface area (Å²) >= 11 is 3.57.